The van der Waals surface area contributed by atoms with Crippen LogP contribution in [-0.4, -0.2) is 0 Å². The Morgan fingerprint density at radius 3 is 2.42 bits per heavy atom. The average molecular weight is 279 g/mol. The number of hydrogen-bond acceptors (Lipinski definition) is 2. The molecule has 0 spiro atoms. The van der Waals surface area contributed by atoms with E-state index in [0.29, 0.717) is 10.7 Å². The zero-order valence-electron chi connectivity index (χ0n) is 9.75. The first-order valence-corrected chi connectivity index (χ1v) is 5.85. The van der Waals surface area contributed by atoms with Gasteiger partial charge in [0.1, 0.15) is 11.6 Å². The summed E-state index contributed by atoms with van der Waals surface area (Å²) in [5.41, 5.74) is 0.510. The Morgan fingerprint density at radius 2 is 1.84 bits per heavy atom. The Kier molecular flexibility index (Phi) is 3.98. The van der Waals surface area contributed by atoms with Crippen LogP contribution in [0.25, 0.3) is 0 Å². The first kappa shape index (κ1) is 13.3. The molecule has 0 bridgehead atoms. The molecule has 0 aliphatic rings. The van der Waals surface area contributed by atoms with Gasteiger partial charge in [-0.05, 0) is 30.3 Å². The van der Waals surface area contributed by atoms with Crippen molar-refractivity contribution >= 4 is 17.3 Å². The summed E-state index contributed by atoms with van der Waals surface area (Å²) in [5, 5.41) is 12.0. The van der Waals surface area contributed by atoms with Crippen molar-refractivity contribution in [1.82, 2.24) is 0 Å². The molecule has 0 unspecified atom stereocenters. The van der Waals surface area contributed by atoms with Gasteiger partial charge < -0.3 is 5.32 Å². The fourth-order valence-electron chi connectivity index (χ4n) is 1.63. The number of benzene rings is 2. The van der Waals surface area contributed by atoms with Crippen LogP contribution >= 0.6 is 11.6 Å². The van der Waals surface area contributed by atoms with Crippen LogP contribution in [0.15, 0.2) is 36.4 Å². The molecule has 2 rings (SSSR count). The monoisotopic (exact) mass is 278 g/mol. The molecular formula is C14H9ClF2N2. The number of halogens is 3. The maximum Gasteiger partial charge on any atom is 0.132 e. The lowest BCUT2D eigenvalue weighted by Crippen LogP contribution is -2.05. The Morgan fingerprint density at radius 1 is 1.16 bits per heavy atom. The number of nitriles is 1. The predicted molar refractivity (Wildman–Crippen MR) is 69.9 cm³/mol. The minimum absolute atomic E-state index is 0.0241. The van der Waals surface area contributed by atoms with Crippen molar-refractivity contribution < 1.29 is 8.78 Å². The molecule has 0 fully saturated rings. The number of hydrogen-bond donors (Lipinski definition) is 1. The van der Waals surface area contributed by atoms with E-state index < -0.39 is 11.6 Å². The van der Waals surface area contributed by atoms with Crippen molar-refractivity contribution in [3.8, 4) is 6.07 Å². The summed E-state index contributed by atoms with van der Waals surface area (Å²) in [6, 6.07) is 10.6. The Bertz CT molecular complexity index is 627. The highest BCUT2D eigenvalue weighted by molar-refractivity contribution is 6.30. The zero-order chi connectivity index (χ0) is 13.8. The predicted octanol–water partition coefficient (Wildman–Crippen LogP) is 4.10. The van der Waals surface area contributed by atoms with Gasteiger partial charge in [-0.2, -0.15) is 5.26 Å². The smallest absolute Gasteiger partial charge is 0.132 e. The van der Waals surface area contributed by atoms with Gasteiger partial charge in [0, 0.05) is 22.8 Å². The minimum Gasteiger partial charge on any atom is -0.381 e. The number of rotatable bonds is 3. The summed E-state index contributed by atoms with van der Waals surface area (Å²) < 4.78 is 27.2. The van der Waals surface area contributed by atoms with Gasteiger partial charge in [0.2, 0.25) is 0 Å². The molecule has 0 radical (unpaired) electrons. The van der Waals surface area contributed by atoms with Crippen LogP contribution in [0, 0.1) is 23.0 Å². The van der Waals surface area contributed by atoms with Gasteiger partial charge in [-0.25, -0.2) is 8.78 Å². The summed E-state index contributed by atoms with van der Waals surface area (Å²) in [7, 11) is 0. The van der Waals surface area contributed by atoms with E-state index in [-0.39, 0.29) is 17.7 Å². The molecule has 0 saturated carbocycles. The summed E-state index contributed by atoms with van der Waals surface area (Å²) in [4.78, 5) is 0. The van der Waals surface area contributed by atoms with Crippen LogP contribution < -0.4 is 5.32 Å². The number of nitrogens with one attached hydrogen (secondary N) is 1. The van der Waals surface area contributed by atoms with Gasteiger partial charge >= 0.3 is 0 Å². The van der Waals surface area contributed by atoms with Crippen molar-refractivity contribution in [2.75, 3.05) is 5.32 Å². The van der Waals surface area contributed by atoms with E-state index in [2.05, 4.69) is 5.32 Å². The van der Waals surface area contributed by atoms with Crippen LogP contribution in [0.2, 0.25) is 5.02 Å². The highest BCUT2D eigenvalue weighted by atomic mass is 35.5. The second kappa shape index (κ2) is 5.68. The maximum atomic E-state index is 13.6. The lowest BCUT2D eigenvalue weighted by atomic mass is 10.1. The van der Waals surface area contributed by atoms with Gasteiger partial charge in [-0.1, -0.05) is 17.7 Å². The molecule has 0 aliphatic heterocycles. The molecule has 0 aromatic heterocycles. The van der Waals surface area contributed by atoms with E-state index in [9.17, 15) is 8.78 Å². The fraction of sp³-hybridized carbons (Fsp3) is 0.0714. The highest BCUT2D eigenvalue weighted by Crippen LogP contribution is 2.19. The van der Waals surface area contributed by atoms with E-state index in [1.54, 1.807) is 30.3 Å². The van der Waals surface area contributed by atoms with E-state index in [1.807, 2.05) is 0 Å². The highest BCUT2D eigenvalue weighted by Gasteiger charge is 2.11. The molecule has 0 heterocycles. The Hall–Kier alpha value is -2.12. The SMILES string of the molecule is N#Cc1cc(F)c(CNc2cccc(Cl)c2)c(F)c1. The van der Waals surface area contributed by atoms with Crippen molar-refractivity contribution in [2.45, 2.75) is 6.54 Å². The van der Waals surface area contributed by atoms with Crippen molar-refractivity contribution in [1.29, 1.82) is 5.26 Å². The van der Waals surface area contributed by atoms with Gasteiger partial charge in [0.05, 0.1) is 11.6 Å². The van der Waals surface area contributed by atoms with Gasteiger partial charge in [0.15, 0.2) is 0 Å². The van der Waals surface area contributed by atoms with Crippen molar-refractivity contribution in [3.63, 3.8) is 0 Å². The largest absolute Gasteiger partial charge is 0.381 e. The zero-order valence-corrected chi connectivity index (χ0v) is 10.5. The summed E-state index contributed by atoms with van der Waals surface area (Å²) in [6.45, 7) is -0.0241. The molecule has 2 aromatic rings. The third-order valence-corrected chi connectivity index (χ3v) is 2.80. The third-order valence-electron chi connectivity index (χ3n) is 2.56. The van der Waals surface area contributed by atoms with Gasteiger partial charge in [-0.3, -0.25) is 0 Å². The first-order valence-electron chi connectivity index (χ1n) is 5.47. The fourth-order valence-corrected chi connectivity index (χ4v) is 1.82. The number of nitrogens with zero attached hydrogens (tertiary/aromatic N) is 1. The van der Waals surface area contributed by atoms with Crippen LogP contribution in [0.3, 0.4) is 0 Å². The van der Waals surface area contributed by atoms with Gasteiger partial charge in [-0.15, -0.1) is 0 Å². The second-order valence-corrected chi connectivity index (χ2v) is 4.33. The molecule has 96 valence electrons. The van der Waals surface area contributed by atoms with Crippen LogP contribution in [0.4, 0.5) is 14.5 Å². The first-order chi connectivity index (χ1) is 9.10. The standard InChI is InChI=1S/C14H9ClF2N2/c15-10-2-1-3-11(6-10)19-8-12-13(16)4-9(7-18)5-14(12)17/h1-6,19H,8H2. The molecule has 0 atom stereocenters. The topological polar surface area (TPSA) is 35.8 Å². The molecule has 0 aliphatic carbocycles. The normalized spacial score (nSPS) is 10.0. The summed E-state index contributed by atoms with van der Waals surface area (Å²) in [5.74, 6) is -1.49. The molecule has 2 aromatic carbocycles. The summed E-state index contributed by atoms with van der Waals surface area (Å²) in [6.07, 6.45) is 0. The van der Waals surface area contributed by atoms with Crippen LogP contribution in [-0.2, 0) is 6.54 Å². The second-order valence-electron chi connectivity index (χ2n) is 3.89. The van der Waals surface area contributed by atoms with E-state index >= 15 is 0 Å². The average Bonchev–Trinajstić information content (AvgIpc) is 2.37. The summed E-state index contributed by atoms with van der Waals surface area (Å²) >= 11 is 5.80. The molecule has 19 heavy (non-hydrogen) atoms. The quantitative estimate of drug-likeness (QED) is 0.917. The molecular weight excluding hydrogens is 270 g/mol. The lowest BCUT2D eigenvalue weighted by Gasteiger charge is -2.09. The molecule has 1 N–H and O–H groups in total. The number of anilines is 1. The Balaban J connectivity index is 2.18. The van der Waals surface area contributed by atoms with E-state index in [0.717, 1.165) is 12.1 Å². The lowest BCUT2D eigenvalue weighted by molar-refractivity contribution is 0.559. The minimum atomic E-state index is -0.744. The van der Waals surface area contributed by atoms with Gasteiger partial charge in [0.25, 0.3) is 0 Å². The van der Waals surface area contributed by atoms with Crippen molar-refractivity contribution in [2.24, 2.45) is 0 Å². The maximum absolute atomic E-state index is 13.6. The molecule has 5 heteroatoms. The third kappa shape index (κ3) is 3.21. The van der Waals surface area contributed by atoms with E-state index in [4.69, 9.17) is 16.9 Å². The molecule has 0 amide bonds. The Labute approximate surface area is 114 Å². The molecule has 2 nitrogen and oxygen atoms in total. The van der Waals surface area contributed by atoms with Crippen LogP contribution in [0.5, 0.6) is 0 Å². The van der Waals surface area contributed by atoms with E-state index in [1.165, 1.54) is 0 Å². The molecule has 0 saturated heterocycles. The van der Waals surface area contributed by atoms with Crippen molar-refractivity contribution in [3.05, 3.63) is 64.2 Å². The van der Waals surface area contributed by atoms with Crippen LogP contribution in [0.1, 0.15) is 11.1 Å².